The Morgan fingerprint density at radius 3 is 2.71 bits per heavy atom. The van der Waals surface area contributed by atoms with Crippen molar-refractivity contribution in [1.82, 2.24) is 5.32 Å². The van der Waals surface area contributed by atoms with Crippen LogP contribution in [0.1, 0.15) is 23.7 Å². The highest BCUT2D eigenvalue weighted by Crippen LogP contribution is 2.29. The Morgan fingerprint density at radius 1 is 1.52 bits per heavy atom. The molecule has 1 N–H and O–H groups in total. The zero-order valence-electron chi connectivity index (χ0n) is 10.9. The van der Waals surface area contributed by atoms with Crippen LogP contribution < -0.4 is 5.32 Å². The number of nitrogens with one attached hydrogen (secondary N) is 1. The van der Waals surface area contributed by atoms with E-state index in [1.807, 2.05) is 6.92 Å². The van der Waals surface area contributed by atoms with Crippen LogP contribution in [0, 0.1) is 5.82 Å². The summed E-state index contributed by atoms with van der Waals surface area (Å²) in [6.45, 7) is 2.34. The van der Waals surface area contributed by atoms with Gasteiger partial charge in [0.2, 0.25) is 0 Å². The van der Waals surface area contributed by atoms with Crippen molar-refractivity contribution in [3.8, 4) is 0 Å². The Kier molecular flexibility index (Phi) is 4.92. The van der Waals surface area contributed by atoms with E-state index < -0.39 is 25.7 Å². The van der Waals surface area contributed by atoms with E-state index in [0.717, 1.165) is 12.1 Å². The number of carbonyl (C=O) groups excluding carboxylic acids is 1. The molecule has 1 aliphatic heterocycles. The molecule has 2 unspecified atom stereocenters. The highest BCUT2D eigenvalue weighted by molar-refractivity contribution is 9.10. The third kappa shape index (κ3) is 3.74. The van der Waals surface area contributed by atoms with Crippen molar-refractivity contribution in [3.63, 3.8) is 0 Å². The minimum atomic E-state index is -4.17. The Morgan fingerprint density at radius 2 is 2.19 bits per heavy atom. The third-order valence-electron chi connectivity index (χ3n) is 3.21. The van der Waals surface area contributed by atoms with Crippen LogP contribution in [0.3, 0.4) is 0 Å². The van der Waals surface area contributed by atoms with Crippen molar-refractivity contribution < 1.29 is 22.3 Å². The smallest absolute Gasteiger partial charge is 0.262 e. The van der Waals surface area contributed by atoms with E-state index in [-0.39, 0.29) is 22.2 Å². The molecule has 9 heteroatoms. The van der Waals surface area contributed by atoms with Crippen LogP contribution in [-0.4, -0.2) is 33.1 Å². The molecule has 1 aromatic rings. The molecule has 1 heterocycles. The first-order chi connectivity index (χ1) is 9.70. The van der Waals surface area contributed by atoms with Gasteiger partial charge in [-0.25, -0.2) is 12.8 Å². The Labute approximate surface area is 134 Å². The first-order valence-corrected chi connectivity index (χ1v) is 9.16. The van der Waals surface area contributed by atoms with Crippen LogP contribution in [0.4, 0.5) is 4.39 Å². The van der Waals surface area contributed by atoms with Gasteiger partial charge in [0.15, 0.2) is 0 Å². The second-order valence-electron chi connectivity index (χ2n) is 4.65. The molecule has 2 rings (SSSR count). The lowest BCUT2D eigenvalue weighted by atomic mass is 10.1. The van der Waals surface area contributed by atoms with Gasteiger partial charge in [0.1, 0.15) is 10.7 Å². The minimum Gasteiger partial charge on any atom is -0.376 e. The Balaban J connectivity index is 2.32. The topological polar surface area (TPSA) is 72.5 Å². The lowest BCUT2D eigenvalue weighted by molar-refractivity contribution is 0.0865. The standard InChI is InChI=1S/C12H12BrClFNO4S/c1-6-9(2-3-20-6)16-12(17)7-4-8(15)11(13)10(5-7)21(14,18)19/h4-6,9H,2-3H2,1H3,(H,16,17). The molecular formula is C12H12BrClFNO4S. The lowest BCUT2D eigenvalue weighted by Gasteiger charge is -2.16. The second-order valence-corrected chi connectivity index (χ2v) is 7.98. The molecule has 0 radical (unpaired) electrons. The Bertz CT molecular complexity index is 682. The monoisotopic (exact) mass is 399 g/mol. The molecule has 1 aliphatic rings. The van der Waals surface area contributed by atoms with Crippen molar-refractivity contribution in [2.45, 2.75) is 30.4 Å². The molecule has 1 aromatic carbocycles. The zero-order valence-corrected chi connectivity index (χ0v) is 14.1. The highest BCUT2D eigenvalue weighted by Gasteiger charge is 2.27. The molecule has 116 valence electrons. The molecule has 1 saturated heterocycles. The summed E-state index contributed by atoms with van der Waals surface area (Å²) < 4.78 is 41.5. The van der Waals surface area contributed by atoms with Crippen LogP contribution in [0.25, 0.3) is 0 Å². The fourth-order valence-electron chi connectivity index (χ4n) is 2.05. The summed E-state index contributed by atoms with van der Waals surface area (Å²) in [6, 6.07) is 1.79. The van der Waals surface area contributed by atoms with Crippen LogP contribution in [0.2, 0.25) is 0 Å². The van der Waals surface area contributed by atoms with Crippen molar-refractivity contribution in [3.05, 3.63) is 28.0 Å². The molecule has 0 aliphatic carbocycles. The third-order valence-corrected chi connectivity index (χ3v) is 5.63. The Hall–Kier alpha value is -0.700. The predicted molar refractivity (Wildman–Crippen MR) is 78.4 cm³/mol. The minimum absolute atomic E-state index is 0.117. The van der Waals surface area contributed by atoms with Crippen molar-refractivity contribution in [2.75, 3.05) is 6.61 Å². The summed E-state index contributed by atoms with van der Waals surface area (Å²) in [5.74, 6) is -1.46. The number of amides is 1. The molecule has 0 saturated carbocycles. The van der Waals surface area contributed by atoms with Crippen molar-refractivity contribution in [2.24, 2.45) is 0 Å². The maximum atomic E-state index is 13.7. The summed E-state index contributed by atoms with van der Waals surface area (Å²) >= 11 is 2.81. The van der Waals surface area contributed by atoms with Gasteiger partial charge in [0, 0.05) is 22.9 Å². The molecule has 0 aromatic heterocycles. The van der Waals surface area contributed by atoms with Gasteiger partial charge in [-0.05, 0) is 41.4 Å². The lowest BCUT2D eigenvalue weighted by Crippen LogP contribution is -2.39. The van der Waals surface area contributed by atoms with Crippen LogP contribution >= 0.6 is 26.6 Å². The fourth-order valence-corrected chi connectivity index (χ4v) is 4.14. The first kappa shape index (κ1) is 16.7. The number of ether oxygens (including phenoxy) is 1. The summed E-state index contributed by atoms with van der Waals surface area (Å²) in [6.07, 6.45) is 0.498. The van der Waals surface area contributed by atoms with Gasteiger partial charge in [-0.3, -0.25) is 4.79 Å². The van der Waals surface area contributed by atoms with Crippen LogP contribution in [0.5, 0.6) is 0 Å². The number of halogens is 3. The van der Waals surface area contributed by atoms with Crippen molar-refractivity contribution in [1.29, 1.82) is 0 Å². The largest absolute Gasteiger partial charge is 0.376 e. The van der Waals surface area contributed by atoms with Gasteiger partial charge >= 0.3 is 0 Å². The summed E-state index contributed by atoms with van der Waals surface area (Å²) in [5.41, 5.74) is -0.117. The van der Waals surface area contributed by atoms with Gasteiger partial charge < -0.3 is 10.1 Å². The summed E-state index contributed by atoms with van der Waals surface area (Å²) in [7, 11) is 1.06. The van der Waals surface area contributed by atoms with Crippen molar-refractivity contribution >= 4 is 41.6 Å². The van der Waals surface area contributed by atoms with Gasteiger partial charge in [-0.1, -0.05) is 0 Å². The van der Waals surface area contributed by atoms with E-state index in [1.165, 1.54) is 0 Å². The summed E-state index contributed by atoms with van der Waals surface area (Å²) in [4.78, 5) is 11.6. The number of rotatable bonds is 3. The van der Waals surface area contributed by atoms with E-state index in [1.54, 1.807) is 0 Å². The van der Waals surface area contributed by atoms with Gasteiger partial charge in [0.05, 0.1) is 16.6 Å². The molecule has 5 nitrogen and oxygen atoms in total. The molecule has 2 atom stereocenters. The van der Waals surface area contributed by atoms with Gasteiger partial charge in [0.25, 0.3) is 15.0 Å². The van der Waals surface area contributed by atoms with Gasteiger partial charge in [-0.2, -0.15) is 0 Å². The van der Waals surface area contributed by atoms with E-state index in [4.69, 9.17) is 15.4 Å². The van der Waals surface area contributed by atoms with E-state index in [0.29, 0.717) is 13.0 Å². The number of benzene rings is 1. The molecule has 1 fully saturated rings. The molecule has 0 bridgehead atoms. The fraction of sp³-hybridized carbons (Fsp3) is 0.417. The van der Waals surface area contributed by atoms with E-state index in [9.17, 15) is 17.6 Å². The van der Waals surface area contributed by atoms with Gasteiger partial charge in [-0.15, -0.1) is 0 Å². The molecule has 1 amide bonds. The molecule has 0 spiro atoms. The first-order valence-electron chi connectivity index (χ1n) is 6.06. The van der Waals surface area contributed by atoms with Crippen LogP contribution in [-0.2, 0) is 13.8 Å². The zero-order chi connectivity index (χ0) is 15.8. The molecule has 21 heavy (non-hydrogen) atoms. The average Bonchev–Trinajstić information content (AvgIpc) is 2.76. The number of hydrogen-bond donors (Lipinski definition) is 1. The number of carbonyl (C=O) groups is 1. The van der Waals surface area contributed by atoms with E-state index >= 15 is 0 Å². The highest BCUT2D eigenvalue weighted by atomic mass is 79.9. The normalized spacial score (nSPS) is 22.3. The summed E-state index contributed by atoms with van der Waals surface area (Å²) in [5, 5.41) is 2.69. The maximum absolute atomic E-state index is 13.7. The van der Waals surface area contributed by atoms with Crippen LogP contribution in [0.15, 0.2) is 21.5 Å². The SMILES string of the molecule is CC1OCCC1NC(=O)c1cc(F)c(Br)c(S(=O)(=O)Cl)c1. The predicted octanol–water partition coefficient (Wildman–Crippen LogP) is 2.42. The molecular weight excluding hydrogens is 389 g/mol. The van der Waals surface area contributed by atoms with E-state index in [2.05, 4.69) is 21.2 Å². The number of hydrogen-bond acceptors (Lipinski definition) is 4. The maximum Gasteiger partial charge on any atom is 0.262 e. The quantitative estimate of drug-likeness (QED) is 0.791. The second kappa shape index (κ2) is 6.20. The average molecular weight is 401 g/mol.